The SMILES string of the molecule is CCCCC/C=C\C/C=C\CCCCCCCCCC(=O)OC(/C=C\CCCCCCCCCCCCC)C(COP(=O)([O-])OCC[N+](C)(C)C)NC(=O)CCCCCCCCCCCCCCCCCCCCCCCCCCCCC. The summed E-state index contributed by atoms with van der Waals surface area (Å²) in [6.45, 7) is 6.88. The summed E-state index contributed by atoms with van der Waals surface area (Å²) < 4.78 is 30.5. The van der Waals surface area contributed by atoms with Crippen LogP contribution in [0.25, 0.3) is 0 Å². The largest absolute Gasteiger partial charge is 0.756 e. The van der Waals surface area contributed by atoms with Crippen LogP contribution < -0.4 is 10.2 Å². The van der Waals surface area contributed by atoms with Crippen molar-refractivity contribution in [3.8, 4) is 0 Å². The molecule has 0 aliphatic carbocycles. The van der Waals surface area contributed by atoms with E-state index in [-0.39, 0.29) is 31.5 Å². The van der Waals surface area contributed by atoms with Crippen LogP contribution in [0.15, 0.2) is 36.5 Å². The van der Waals surface area contributed by atoms with Crippen LogP contribution in [0, 0.1) is 0 Å². The van der Waals surface area contributed by atoms with E-state index in [2.05, 4.69) is 50.4 Å². The Morgan fingerprint density at radius 3 is 1.11 bits per heavy atom. The van der Waals surface area contributed by atoms with Gasteiger partial charge in [-0.1, -0.05) is 327 Å². The van der Waals surface area contributed by atoms with E-state index in [1.165, 1.54) is 257 Å². The van der Waals surface area contributed by atoms with E-state index >= 15 is 0 Å². The first-order chi connectivity index (χ1) is 40.4. The summed E-state index contributed by atoms with van der Waals surface area (Å²) in [6.07, 6.45) is 78.5. The summed E-state index contributed by atoms with van der Waals surface area (Å²) in [5, 5.41) is 3.05. The highest BCUT2D eigenvalue weighted by molar-refractivity contribution is 7.45. The Kier molecular flexibility index (Phi) is 61.9. The van der Waals surface area contributed by atoms with Crippen LogP contribution >= 0.6 is 7.82 Å². The number of nitrogens with zero attached hydrogens (tertiary/aromatic N) is 1. The zero-order valence-electron chi connectivity index (χ0n) is 56.2. The van der Waals surface area contributed by atoms with Gasteiger partial charge in [0.05, 0.1) is 33.8 Å². The molecule has 10 heteroatoms. The zero-order valence-corrected chi connectivity index (χ0v) is 57.1. The molecule has 0 aromatic heterocycles. The third-order valence-corrected chi connectivity index (χ3v) is 17.5. The van der Waals surface area contributed by atoms with Gasteiger partial charge in [-0.3, -0.25) is 14.2 Å². The van der Waals surface area contributed by atoms with Gasteiger partial charge in [0, 0.05) is 12.8 Å². The fraction of sp³-hybridized carbons (Fsp3) is 0.890. The first-order valence-electron chi connectivity index (χ1n) is 36.3. The molecule has 9 nitrogen and oxygen atoms in total. The number of amides is 1. The average molecular weight is 1190 g/mol. The molecule has 0 radical (unpaired) electrons. The first-order valence-corrected chi connectivity index (χ1v) is 37.8. The second-order valence-corrected chi connectivity index (χ2v) is 27.5. The van der Waals surface area contributed by atoms with Crippen molar-refractivity contribution in [2.75, 3.05) is 40.9 Å². The molecule has 3 atom stereocenters. The van der Waals surface area contributed by atoms with Gasteiger partial charge in [-0.2, -0.15) is 0 Å². The van der Waals surface area contributed by atoms with Crippen LogP contribution in [0.4, 0.5) is 0 Å². The number of nitrogens with one attached hydrogen (secondary N) is 1. The molecule has 83 heavy (non-hydrogen) atoms. The second-order valence-electron chi connectivity index (χ2n) is 26.1. The summed E-state index contributed by atoms with van der Waals surface area (Å²) in [4.78, 5) is 40.2. The van der Waals surface area contributed by atoms with Gasteiger partial charge < -0.3 is 28.5 Å². The molecule has 0 spiro atoms. The molecular weight excluding hydrogens is 1050 g/mol. The zero-order chi connectivity index (χ0) is 60.7. The normalized spacial score (nSPS) is 13.7. The predicted octanol–water partition coefficient (Wildman–Crippen LogP) is 22.4. The van der Waals surface area contributed by atoms with E-state index in [9.17, 15) is 19.0 Å². The molecule has 1 N–H and O–H groups in total. The summed E-state index contributed by atoms with van der Waals surface area (Å²) in [5.41, 5.74) is 0. The Morgan fingerprint density at radius 1 is 0.422 bits per heavy atom. The van der Waals surface area contributed by atoms with Gasteiger partial charge in [-0.25, -0.2) is 0 Å². The number of unbranched alkanes of at least 4 members (excludes halogenated alkanes) is 47. The number of hydrogen-bond donors (Lipinski definition) is 1. The van der Waals surface area contributed by atoms with E-state index in [1.807, 2.05) is 33.3 Å². The lowest BCUT2D eigenvalue weighted by atomic mass is 10.0. The van der Waals surface area contributed by atoms with Crippen LogP contribution in [-0.2, 0) is 27.9 Å². The molecule has 3 unspecified atom stereocenters. The number of quaternary nitrogens is 1. The van der Waals surface area contributed by atoms with Crippen LogP contribution in [0.2, 0.25) is 0 Å². The maximum atomic E-state index is 13.6. The van der Waals surface area contributed by atoms with Crippen molar-refractivity contribution in [3.63, 3.8) is 0 Å². The third-order valence-electron chi connectivity index (χ3n) is 16.6. The smallest absolute Gasteiger partial charge is 0.306 e. The Balaban J connectivity index is 5.00. The molecule has 0 aromatic carbocycles. The van der Waals surface area contributed by atoms with Gasteiger partial charge in [0.2, 0.25) is 5.91 Å². The highest BCUT2D eigenvalue weighted by atomic mass is 31.2. The number of hydrogen-bond acceptors (Lipinski definition) is 7. The van der Waals surface area contributed by atoms with E-state index in [4.69, 9.17) is 13.8 Å². The van der Waals surface area contributed by atoms with E-state index < -0.39 is 20.0 Å². The number of rotatable bonds is 67. The van der Waals surface area contributed by atoms with Crippen molar-refractivity contribution >= 4 is 19.7 Å². The van der Waals surface area contributed by atoms with Crippen molar-refractivity contribution in [1.82, 2.24) is 5.32 Å². The first kappa shape index (κ1) is 81.2. The number of ether oxygens (including phenoxy) is 1. The minimum atomic E-state index is -4.70. The molecule has 0 rings (SSSR count). The van der Waals surface area contributed by atoms with Gasteiger partial charge in [0.1, 0.15) is 19.3 Å². The molecule has 0 heterocycles. The van der Waals surface area contributed by atoms with Gasteiger partial charge in [-0.05, 0) is 63.9 Å². The maximum absolute atomic E-state index is 13.6. The molecule has 0 fully saturated rings. The fourth-order valence-electron chi connectivity index (χ4n) is 11.0. The molecule has 0 saturated carbocycles. The van der Waals surface area contributed by atoms with Gasteiger partial charge in [-0.15, -0.1) is 0 Å². The van der Waals surface area contributed by atoms with Gasteiger partial charge in [0.25, 0.3) is 7.82 Å². The number of allylic oxidation sites excluding steroid dienone is 5. The van der Waals surface area contributed by atoms with Gasteiger partial charge in [0.15, 0.2) is 0 Å². The van der Waals surface area contributed by atoms with Crippen LogP contribution in [0.5, 0.6) is 0 Å². The van der Waals surface area contributed by atoms with Crippen LogP contribution in [0.1, 0.15) is 367 Å². The molecule has 0 aromatic rings. The van der Waals surface area contributed by atoms with Gasteiger partial charge >= 0.3 is 5.97 Å². The van der Waals surface area contributed by atoms with Crippen molar-refractivity contribution in [2.45, 2.75) is 380 Å². The molecule has 0 saturated heterocycles. The summed E-state index contributed by atoms with van der Waals surface area (Å²) >= 11 is 0. The Hall–Kier alpha value is -1.77. The lowest BCUT2D eigenvalue weighted by Crippen LogP contribution is -2.47. The van der Waals surface area contributed by atoms with Crippen molar-refractivity contribution in [3.05, 3.63) is 36.5 Å². The Bertz CT molecular complexity index is 1510. The Labute approximate surface area is 516 Å². The van der Waals surface area contributed by atoms with Crippen molar-refractivity contribution < 1.29 is 37.3 Å². The lowest BCUT2D eigenvalue weighted by molar-refractivity contribution is -0.870. The van der Waals surface area contributed by atoms with Crippen LogP contribution in [0.3, 0.4) is 0 Å². The highest BCUT2D eigenvalue weighted by Crippen LogP contribution is 2.38. The average Bonchev–Trinajstić information content (AvgIpc) is 3.47. The molecule has 490 valence electrons. The number of carbonyl (C=O) groups excluding carboxylic acids is 2. The monoisotopic (exact) mass is 1190 g/mol. The number of likely N-dealkylation sites (N-methyl/N-ethyl adjacent to an activating group) is 1. The quantitative estimate of drug-likeness (QED) is 0.0212. The minimum Gasteiger partial charge on any atom is -0.756 e. The molecule has 0 aliphatic rings. The Morgan fingerprint density at radius 2 is 0.735 bits per heavy atom. The number of esters is 1. The summed E-state index contributed by atoms with van der Waals surface area (Å²) in [7, 11) is 1.20. The third kappa shape index (κ3) is 64.5. The molecule has 0 aliphatic heterocycles. The summed E-state index contributed by atoms with van der Waals surface area (Å²) in [6, 6.07) is -0.889. The predicted molar refractivity (Wildman–Crippen MR) is 358 cm³/mol. The molecule has 0 bridgehead atoms. The molecule has 1 amide bonds. The second kappa shape index (κ2) is 63.3. The van der Waals surface area contributed by atoms with Crippen LogP contribution in [-0.4, -0.2) is 69.4 Å². The van der Waals surface area contributed by atoms with E-state index in [0.29, 0.717) is 17.4 Å². The standard InChI is InChI=1S/C73H141N2O7P/c1-7-10-13-16-19-22-25-28-30-32-33-34-35-36-37-38-39-40-41-43-44-47-50-53-56-59-62-65-72(76)74-70(69-81-83(78,79)80-68-67-75(4,5)6)71(64-61-58-55-52-49-46-27-24-21-18-15-12-9-3)82-73(77)66-63-60-57-54-51-48-45-42-31-29-26-23-20-17-14-11-8-2/h20,23,29,31,61,64,70-71H,7-19,21-22,24-28,30,32-60,62-63,65-69H2,1-6H3,(H-,74,76,78,79)/b23-20-,31-29-,64-61-. The fourth-order valence-corrected chi connectivity index (χ4v) is 11.7. The van der Waals surface area contributed by atoms with Crippen molar-refractivity contribution in [1.29, 1.82) is 0 Å². The van der Waals surface area contributed by atoms with E-state index in [1.54, 1.807) is 0 Å². The highest BCUT2D eigenvalue weighted by Gasteiger charge is 2.27. The lowest BCUT2D eigenvalue weighted by Gasteiger charge is -2.30. The minimum absolute atomic E-state index is 0.0209. The maximum Gasteiger partial charge on any atom is 0.306 e. The number of phosphoric ester groups is 1. The summed E-state index contributed by atoms with van der Waals surface area (Å²) in [5.74, 6) is -0.530. The van der Waals surface area contributed by atoms with E-state index in [0.717, 1.165) is 77.0 Å². The van der Waals surface area contributed by atoms with Crippen molar-refractivity contribution in [2.24, 2.45) is 0 Å². The number of phosphoric acid groups is 1. The topological polar surface area (TPSA) is 114 Å². The number of carbonyl (C=O) groups is 2. The molecular formula is C73H141N2O7P.